The number of H-pyrrole nitrogens is 1. The summed E-state index contributed by atoms with van der Waals surface area (Å²) in [5.74, 6) is -0.787. The number of hydrogen-bond acceptors (Lipinski definition) is 3. The highest BCUT2D eigenvalue weighted by molar-refractivity contribution is 5.98. The van der Waals surface area contributed by atoms with Gasteiger partial charge >= 0.3 is 0 Å². The minimum absolute atomic E-state index is 0.172. The zero-order valence-corrected chi connectivity index (χ0v) is 11.8. The van der Waals surface area contributed by atoms with E-state index in [0.29, 0.717) is 11.4 Å². The summed E-state index contributed by atoms with van der Waals surface area (Å²) in [6, 6.07) is 0.172. The first-order valence-electron chi connectivity index (χ1n) is 6.24. The van der Waals surface area contributed by atoms with Gasteiger partial charge in [-0.2, -0.15) is 5.10 Å². The summed E-state index contributed by atoms with van der Waals surface area (Å²) in [5.41, 5.74) is 1.20. The number of aromatic amines is 1. The van der Waals surface area contributed by atoms with Gasteiger partial charge in [0.25, 0.3) is 5.91 Å². The van der Waals surface area contributed by atoms with Crippen LogP contribution in [0.1, 0.15) is 31.3 Å². The summed E-state index contributed by atoms with van der Waals surface area (Å²) >= 11 is 0. The van der Waals surface area contributed by atoms with Gasteiger partial charge in [-0.15, -0.1) is 0 Å². The molecule has 0 aromatic carbocycles. The molecule has 0 spiro atoms. The molecule has 6 heteroatoms. The fraction of sp³-hybridized carbons (Fsp3) is 0.286. The molecule has 0 saturated carbocycles. The van der Waals surface area contributed by atoms with E-state index in [4.69, 9.17) is 0 Å². The summed E-state index contributed by atoms with van der Waals surface area (Å²) in [7, 11) is 0. The summed E-state index contributed by atoms with van der Waals surface area (Å²) in [4.78, 5) is 12.0. The molecule has 1 aromatic heterocycles. The van der Waals surface area contributed by atoms with Gasteiger partial charge in [-0.25, -0.2) is 4.39 Å². The summed E-state index contributed by atoms with van der Waals surface area (Å²) in [6.45, 7) is 9.12. The first-order chi connectivity index (χ1) is 9.43. The fourth-order valence-electron chi connectivity index (χ4n) is 1.41. The van der Waals surface area contributed by atoms with Crippen LogP contribution in [0.5, 0.6) is 0 Å². The average molecular weight is 278 g/mol. The predicted molar refractivity (Wildman–Crippen MR) is 78.0 cm³/mol. The number of allylic oxidation sites excluding steroid dienone is 4. The number of aromatic nitrogens is 2. The van der Waals surface area contributed by atoms with Crippen molar-refractivity contribution in [2.45, 2.75) is 26.8 Å². The van der Waals surface area contributed by atoms with Crippen molar-refractivity contribution in [2.24, 2.45) is 0 Å². The maximum Gasteiger partial charge on any atom is 0.275 e. The summed E-state index contributed by atoms with van der Waals surface area (Å²) in [5, 5.41) is 12.1. The number of carbonyl (C=O) groups excluding carboxylic acids is 1. The monoisotopic (exact) mass is 278 g/mol. The highest BCUT2D eigenvalue weighted by Gasteiger charge is 2.14. The van der Waals surface area contributed by atoms with Crippen molar-refractivity contribution in [3.63, 3.8) is 0 Å². The van der Waals surface area contributed by atoms with Crippen molar-refractivity contribution in [3.05, 3.63) is 48.2 Å². The van der Waals surface area contributed by atoms with Gasteiger partial charge < -0.3 is 10.6 Å². The molecule has 0 bridgehead atoms. The SMILES string of the molecule is C=C(/C=C\C(F)=C/C)NC(=O)c1[nH]ncc1NC(C)C. The van der Waals surface area contributed by atoms with Crippen LogP contribution in [0.4, 0.5) is 10.1 Å². The van der Waals surface area contributed by atoms with E-state index >= 15 is 0 Å². The van der Waals surface area contributed by atoms with Crippen LogP contribution < -0.4 is 10.6 Å². The Kier molecular flexibility index (Phi) is 5.71. The standard InChI is InChI=1S/C14H19FN4O/c1-5-11(15)7-6-10(4)18-14(20)13-12(8-16-19-13)17-9(2)3/h5-9,17H,4H2,1-3H3,(H,16,19)(H,18,20)/b7-6-,11-5+. The number of hydrogen-bond donors (Lipinski definition) is 3. The number of nitrogens with zero attached hydrogens (tertiary/aromatic N) is 1. The highest BCUT2D eigenvalue weighted by Crippen LogP contribution is 2.13. The lowest BCUT2D eigenvalue weighted by Crippen LogP contribution is -2.23. The van der Waals surface area contributed by atoms with Crippen molar-refractivity contribution in [2.75, 3.05) is 5.32 Å². The van der Waals surface area contributed by atoms with E-state index in [2.05, 4.69) is 27.4 Å². The molecular formula is C14H19FN4O. The minimum atomic E-state index is -0.399. The molecule has 1 aromatic rings. The number of carbonyl (C=O) groups is 1. The van der Waals surface area contributed by atoms with Crippen molar-refractivity contribution >= 4 is 11.6 Å². The number of rotatable bonds is 6. The van der Waals surface area contributed by atoms with Crippen LogP contribution in [0.2, 0.25) is 0 Å². The van der Waals surface area contributed by atoms with Gasteiger partial charge in [-0.1, -0.05) is 12.7 Å². The van der Waals surface area contributed by atoms with Gasteiger partial charge in [0.15, 0.2) is 0 Å². The Morgan fingerprint density at radius 3 is 2.80 bits per heavy atom. The Labute approximate surface area is 117 Å². The topological polar surface area (TPSA) is 69.8 Å². The second-order valence-electron chi connectivity index (χ2n) is 4.44. The zero-order chi connectivity index (χ0) is 15.1. The van der Waals surface area contributed by atoms with E-state index in [0.717, 1.165) is 0 Å². The van der Waals surface area contributed by atoms with Crippen LogP contribution in [0.25, 0.3) is 0 Å². The predicted octanol–water partition coefficient (Wildman–Crippen LogP) is 2.90. The largest absolute Gasteiger partial charge is 0.380 e. The molecule has 0 saturated heterocycles. The van der Waals surface area contributed by atoms with Crippen LogP contribution in [-0.2, 0) is 0 Å². The van der Waals surface area contributed by atoms with E-state index in [1.54, 1.807) is 6.92 Å². The Morgan fingerprint density at radius 2 is 2.20 bits per heavy atom. The molecule has 0 unspecified atom stereocenters. The highest BCUT2D eigenvalue weighted by atomic mass is 19.1. The van der Waals surface area contributed by atoms with Gasteiger partial charge in [-0.05, 0) is 32.9 Å². The molecule has 1 rings (SSSR count). The Morgan fingerprint density at radius 1 is 1.50 bits per heavy atom. The Hall–Kier alpha value is -2.37. The third-order valence-corrected chi connectivity index (χ3v) is 2.30. The van der Waals surface area contributed by atoms with Crippen molar-refractivity contribution in [3.8, 4) is 0 Å². The molecule has 1 heterocycles. The maximum absolute atomic E-state index is 12.9. The van der Waals surface area contributed by atoms with Crippen LogP contribution in [0, 0.1) is 0 Å². The second-order valence-corrected chi connectivity index (χ2v) is 4.44. The van der Waals surface area contributed by atoms with Crippen molar-refractivity contribution < 1.29 is 9.18 Å². The fourth-order valence-corrected chi connectivity index (χ4v) is 1.41. The first-order valence-corrected chi connectivity index (χ1v) is 6.24. The number of amides is 1. The van der Waals surface area contributed by atoms with Crippen LogP contribution in [0.3, 0.4) is 0 Å². The van der Waals surface area contributed by atoms with Crippen LogP contribution >= 0.6 is 0 Å². The van der Waals surface area contributed by atoms with Gasteiger partial charge in [-0.3, -0.25) is 9.89 Å². The minimum Gasteiger partial charge on any atom is -0.380 e. The Bertz CT molecular complexity index is 543. The van der Waals surface area contributed by atoms with Crippen molar-refractivity contribution in [1.29, 1.82) is 0 Å². The van der Waals surface area contributed by atoms with Crippen molar-refractivity contribution in [1.82, 2.24) is 15.5 Å². The average Bonchev–Trinajstić information content (AvgIpc) is 2.83. The first kappa shape index (κ1) is 15.7. The number of halogens is 1. The van der Waals surface area contributed by atoms with E-state index in [1.807, 2.05) is 13.8 Å². The molecule has 0 radical (unpaired) electrons. The normalized spacial score (nSPS) is 11.9. The quantitative estimate of drug-likeness (QED) is 0.701. The third-order valence-electron chi connectivity index (χ3n) is 2.30. The molecule has 108 valence electrons. The van der Waals surface area contributed by atoms with Crippen LogP contribution in [0.15, 0.2) is 42.5 Å². The molecule has 0 aliphatic rings. The van der Waals surface area contributed by atoms with E-state index in [-0.39, 0.29) is 17.6 Å². The maximum atomic E-state index is 12.9. The second kappa shape index (κ2) is 7.28. The van der Waals surface area contributed by atoms with Gasteiger partial charge in [0, 0.05) is 11.7 Å². The molecule has 0 aliphatic carbocycles. The third kappa shape index (κ3) is 4.72. The Balaban J connectivity index is 2.70. The summed E-state index contributed by atoms with van der Waals surface area (Å²) in [6.07, 6.45) is 5.46. The number of nitrogens with one attached hydrogen (secondary N) is 3. The number of anilines is 1. The molecule has 0 aliphatic heterocycles. The van der Waals surface area contributed by atoms with E-state index < -0.39 is 5.83 Å². The molecule has 5 nitrogen and oxygen atoms in total. The van der Waals surface area contributed by atoms with Gasteiger partial charge in [0.2, 0.25) is 0 Å². The summed E-state index contributed by atoms with van der Waals surface area (Å²) < 4.78 is 12.9. The van der Waals surface area contributed by atoms with Gasteiger partial charge in [0.1, 0.15) is 11.5 Å². The molecule has 0 atom stereocenters. The zero-order valence-electron chi connectivity index (χ0n) is 11.8. The van der Waals surface area contributed by atoms with E-state index in [1.165, 1.54) is 24.4 Å². The van der Waals surface area contributed by atoms with Gasteiger partial charge in [0.05, 0.1) is 11.9 Å². The van der Waals surface area contributed by atoms with E-state index in [9.17, 15) is 9.18 Å². The smallest absolute Gasteiger partial charge is 0.275 e. The van der Waals surface area contributed by atoms with Crippen LogP contribution in [-0.4, -0.2) is 22.1 Å². The molecule has 0 fully saturated rings. The lowest BCUT2D eigenvalue weighted by atomic mass is 10.3. The molecular weight excluding hydrogens is 259 g/mol. The molecule has 3 N–H and O–H groups in total. The molecule has 20 heavy (non-hydrogen) atoms. The molecule has 1 amide bonds. The lowest BCUT2D eigenvalue weighted by molar-refractivity contribution is 0.0963. The lowest BCUT2D eigenvalue weighted by Gasteiger charge is -2.10.